The van der Waals surface area contributed by atoms with Crippen LogP contribution in [0.25, 0.3) is 0 Å². The number of ether oxygens (including phenoxy) is 1. The fourth-order valence-electron chi connectivity index (χ4n) is 1.16. The molecule has 1 rings (SSSR count). The zero-order valence-electron chi connectivity index (χ0n) is 8.69. The lowest BCUT2D eigenvalue weighted by molar-refractivity contribution is 0.241. The van der Waals surface area contributed by atoms with Crippen LogP contribution in [-0.2, 0) is 0 Å². The van der Waals surface area contributed by atoms with Gasteiger partial charge in [0, 0.05) is 0 Å². The van der Waals surface area contributed by atoms with E-state index in [1.54, 1.807) is 12.1 Å². The summed E-state index contributed by atoms with van der Waals surface area (Å²) >= 11 is 0. The summed E-state index contributed by atoms with van der Waals surface area (Å²) in [6.07, 6.45) is 0.0831. The molecular weight excluding hydrogens is 179 g/mol. The van der Waals surface area contributed by atoms with Crippen molar-refractivity contribution in [2.24, 2.45) is 0 Å². The Morgan fingerprint density at radius 1 is 1.29 bits per heavy atom. The predicted molar refractivity (Wildman–Crippen MR) is 56.8 cm³/mol. The molecule has 0 radical (unpaired) electrons. The third kappa shape index (κ3) is 2.75. The van der Waals surface area contributed by atoms with Gasteiger partial charge in [0.1, 0.15) is 5.75 Å². The number of hydrogen-bond acceptors (Lipinski definition) is 3. The van der Waals surface area contributed by atoms with E-state index in [1.807, 2.05) is 26.8 Å². The number of benzene rings is 1. The smallest absolute Gasteiger partial charge is 0.488 e. The Labute approximate surface area is 84.5 Å². The SMILES string of the molecule is Cc1ccc(B(O)O)cc1OC(C)C. The van der Waals surface area contributed by atoms with Gasteiger partial charge in [-0.05, 0) is 37.9 Å². The molecule has 0 bridgehead atoms. The number of rotatable bonds is 3. The molecule has 1 aromatic rings. The van der Waals surface area contributed by atoms with Gasteiger partial charge in [-0.15, -0.1) is 0 Å². The van der Waals surface area contributed by atoms with Crippen LogP contribution in [0.4, 0.5) is 0 Å². The van der Waals surface area contributed by atoms with Gasteiger partial charge in [0.15, 0.2) is 0 Å². The fourth-order valence-corrected chi connectivity index (χ4v) is 1.16. The molecule has 0 saturated carbocycles. The number of aryl methyl sites for hydroxylation is 1. The molecule has 2 N–H and O–H groups in total. The van der Waals surface area contributed by atoms with Gasteiger partial charge in [0.05, 0.1) is 6.10 Å². The Morgan fingerprint density at radius 3 is 2.43 bits per heavy atom. The maximum Gasteiger partial charge on any atom is 0.488 e. The van der Waals surface area contributed by atoms with Crippen molar-refractivity contribution in [3.05, 3.63) is 23.8 Å². The van der Waals surface area contributed by atoms with Crippen molar-refractivity contribution in [1.82, 2.24) is 0 Å². The molecule has 0 aliphatic carbocycles. The van der Waals surface area contributed by atoms with E-state index in [0.717, 1.165) is 5.56 Å². The van der Waals surface area contributed by atoms with Crippen LogP contribution in [0.2, 0.25) is 0 Å². The summed E-state index contributed by atoms with van der Waals surface area (Å²) in [5.74, 6) is 0.700. The van der Waals surface area contributed by atoms with E-state index in [4.69, 9.17) is 14.8 Å². The first-order valence-electron chi connectivity index (χ1n) is 4.64. The van der Waals surface area contributed by atoms with Gasteiger partial charge < -0.3 is 14.8 Å². The molecule has 0 spiro atoms. The molecule has 0 amide bonds. The molecule has 1 aromatic carbocycles. The van der Waals surface area contributed by atoms with E-state index in [2.05, 4.69) is 0 Å². The second-order valence-corrected chi connectivity index (χ2v) is 3.57. The molecule has 0 saturated heterocycles. The van der Waals surface area contributed by atoms with E-state index in [1.165, 1.54) is 0 Å². The first kappa shape index (κ1) is 11.1. The molecule has 0 atom stereocenters. The quantitative estimate of drug-likeness (QED) is 0.687. The lowest BCUT2D eigenvalue weighted by Gasteiger charge is -2.13. The molecule has 0 aromatic heterocycles. The first-order chi connectivity index (χ1) is 6.50. The fraction of sp³-hybridized carbons (Fsp3) is 0.400. The maximum absolute atomic E-state index is 8.97. The zero-order valence-corrected chi connectivity index (χ0v) is 8.69. The highest BCUT2D eigenvalue weighted by Crippen LogP contribution is 2.16. The van der Waals surface area contributed by atoms with Crippen molar-refractivity contribution in [3.8, 4) is 5.75 Å². The summed E-state index contributed by atoms with van der Waals surface area (Å²) in [5.41, 5.74) is 1.44. The first-order valence-corrected chi connectivity index (χ1v) is 4.64. The number of hydrogen-bond donors (Lipinski definition) is 2. The van der Waals surface area contributed by atoms with Gasteiger partial charge in [-0.25, -0.2) is 0 Å². The van der Waals surface area contributed by atoms with E-state index in [-0.39, 0.29) is 6.10 Å². The molecule has 0 unspecified atom stereocenters. The van der Waals surface area contributed by atoms with Crippen LogP contribution in [0.3, 0.4) is 0 Å². The summed E-state index contributed by atoms with van der Waals surface area (Å²) in [7, 11) is -1.44. The lowest BCUT2D eigenvalue weighted by atomic mass is 9.80. The minimum absolute atomic E-state index is 0.0831. The molecule has 76 valence electrons. The largest absolute Gasteiger partial charge is 0.491 e. The van der Waals surface area contributed by atoms with Crippen LogP contribution in [0.5, 0.6) is 5.75 Å². The average Bonchev–Trinajstić information content (AvgIpc) is 2.07. The molecule has 0 fully saturated rings. The van der Waals surface area contributed by atoms with E-state index in [9.17, 15) is 0 Å². The highest BCUT2D eigenvalue weighted by atomic mass is 16.5. The monoisotopic (exact) mass is 194 g/mol. The van der Waals surface area contributed by atoms with Crippen LogP contribution in [0.1, 0.15) is 19.4 Å². The summed E-state index contributed by atoms with van der Waals surface area (Å²) in [5, 5.41) is 17.9. The summed E-state index contributed by atoms with van der Waals surface area (Å²) in [6, 6.07) is 5.14. The Kier molecular flexibility index (Phi) is 3.55. The van der Waals surface area contributed by atoms with Crippen LogP contribution in [-0.4, -0.2) is 23.3 Å². The highest BCUT2D eigenvalue weighted by Gasteiger charge is 2.13. The van der Waals surface area contributed by atoms with Gasteiger partial charge in [-0.2, -0.15) is 0 Å². The van der Waals surface area contributed by atoms with Crippen LogP contribution in [0, 0.1) is 6.92 Å². The molecule has 0 aliphatic heterocycles. The molecular formula is C10H15BO3. The molecule has 0 heterocycles. The van der Waals surface area contributed by atoms with Crippen LogP contribution in [0.15, 0.2) is 18.2 Å². The Hall–Kier alpha value is -0.995. The van der Waals surface area contributed by atoms with Gasteiger partial charge in [0.2, 0.25) is 0 Å². The van der Waals surface area contributed by atoms with E-state index in [0.29, 0.717) is 11.2 Å². The topological polar surface area (TPSA) is 49.7 Å². The van der Waals surface area contributed by atoms with E-state index < -0.39 is 7.12 Å². The van der Waals surface area contributed by atoms with Crippen molar-refractivity contribution < 1.29 is 14.8 Å². The van der Waals surface area contributed by atoms with Gasteiger partial charge >= 0.3 is 7.12 Å². The maximum atomic E-state index is 8.97. The second kappa shape index (κ2) is 4.48. The van der Waals surface area contributed by atoms with Gasteiger partial charge in [0.25, 0.3) is 0 Å². The Morgan fingerprint density at radius 2 is 1.93 bits per heavy atom. The lowest BCUT2D eigenvalue weighted by Crippen LogP contribution is -2.30. The summed E-state index contributed by atoms with van der Waals surface area (Å²) in [4.78, 5) is 0. The van der Waals surface area contributed by atoms with Gasteiger partial charge in [-0.3, -0.25) is 0 Å². The third-order valence-corrected chi connectivity index (χ3v) is 1.87. The highest BCUT2D eigenvalue weighted by molar-refractivity contribution is 6.58. The van der Waals surface area contributed by atoms with Crippen molar-refractivity contribution in [3.63, 3.8) is 0 Å². The van der Waals surface area contributed by atoms with Gasteiger partial charge in [-0.1, -0.05) is 12.1 Å². The van der Waals surface area contributed by atoms with Crippen molar-refractivity contribution in [2.75, 3.05) is 0 Å². The second-order valence-electron chi connectivity index (χ2n) is 3.57. The summed E-state index contributed by atoms with van der Waals surface area (Å²) < 4.78 is 5.51. The third-order valence-electron chi connectivity index (χ3n) is 1.87. The molecule has 14 heavy (non-hydrogen) atoms. The molecule has 4 heteroatoms. The van der Waals surface area contributed by atoms with Crippen molar-refractivity contribution in [1.29, 1.82) is 0 Å². The Bertz CT molecular complexity index is 310. The van der Waals surface area contributed by atoms with Crippen molar-refractivity contribution >= 4 is 12.6 Å². The standard InChI is InChI=1S/C10H15BO3/c1-7(2)14-10-6-9(11(12)13)5-4-8(10)3/h4-7,12-13H,1-3H3. The van der Waals surface area contributed by atoms with E-state index >= 15 is 0 Å². The van der Waals surface area contributed by atoms with Crippen LogP contribution >= 0.6 is 0 Å². The molecule has 3 nitrogen and oxygen atoms in total. The minimum atomic E-state index is -1.44. The predicted octanol–water partition coefficient (Wildman–Crippen LogP) is 0.462. The summed E-state index contributed by atoms with van der Waals surface area (Å²) in [6.45, 7) is 5.79. The zero-order chi connectivity index (χ0) is 10.7. The minimum Gasteiger partial charge on any atom is -0.491 e. The van der Waals surface area contributed by atoms with Crippen LogP contribution < -0.4 is 10.2 Å². The normalized spacial score (nSPS) is 10.4. The Balaban J connectivity index is 2.96. The average molecular weight is 194 g/mol. The van der Waals surface area contributed by atoms with Crippen molar-refractivity contribution in [2.45, 2.75) is 26.9 Å². The molecule has 0 aliphatic rings.